The van der Waals surface area contributed by atoms with Gasteiger partial charge in [0.1, 0.15) is 5.82 Å². The molecular weight excluding hydrogens is 309 g/mol. The van der Waals surface area contributed by atoms with Crippen molar-refractivity contribution >= 4 is 21.6 Å². The van der Waals surface area contributed by atoms with E-state index in [-0.39, 0.29) is 5.82 Å². The van der Waals surface area contributed by atoms with Crippen LogP contribution < -0.4 is 5.32 Å². The lowest BCUT2D eigenvalue weighted by Crippen LogP contribution is -2.12. The first kappa shape index (κ1) is 14.0. The minimum atomic E-state index is -0.618. The summed E-state index contributed by atoms with van der Waals surface area (Å²) in [7, 11) is 0. The summed E-state index contributed by atoms with van der Waals surface area (Å²) in [6, 6.07) is 12.5. The third-order valence-corrected chi connectivity index (χ3v) is 3.55. The van der Waals surface area contributed by atoms with Crippen LogP contribution in [0.2, 0.25) is 0 Å². The Labute approximate surface area is 120 Å². The molecule has 19 heavy (non-hydrogen) atoms. The quantitative estimate of drug-likeness (QED) is 0.889. The molecule has 0 aliphatic carbocycles. The maximum Gasteiger partial charge on any atom is 0.139 e. The van der Waals surface area contributed by atoms with Gasteiger partial charge in [0, 0.05) is 12.2 Å². The molecule has 0 aromatic heterocycles. The van der Waals surface area contributed by atoms with Crippen molar-refractivity contribution in [2.24, 2.45) is 0 Å². The van der Waals surface area contributed by atoms with E-state index in [0.29, 0.717) is 16.7 Å². The summed E-state index contributed by atoms with van der Waals surface area (Å²) >= 11 is 3.14. The number of benzene rings is 2. The van der Waals surface area contributed by atoms with Gasteiger partial charge in [-0.15, -0.1) is 0 Å². The van der Waals surface area contributed by atoms with Gasteiger partial charge in [-0.1, -0.05) is 30.3 Å². The van der Waals surface area contributed by atoms with Crippen LogP contribution in [0.15, 0.2) is 46.9 Å². The number of nitrogens with one attached hydrogen (secondary N) is 1. The van der Waals surface area contributed by atoms with Crippen molar-refractivity contribution in [2.45, 2.75) is 13.0 Å². The second kappa shape index (κ2) is 6.17. The van der Waals surface area contributed by atoms with Gasteiger partial charge in [0.05, 0.1) is 10.6 Å². The van der Waals surface area contributed by atoms with Gasteiger partial charge in [0.15, 0.2) is 0 Å². The molecule has 0 aliphatic rings. The zero-order valence-corrected chi connectivity index (χ0v) is 12.1. The summed E-state index contributed by atoms with van der Waals surface area (Å²) in [5.41, 5.74) is 2.45. The van der Waals surface area contributed by atoms with Crippen molar-refractivity contribution in [3.63, 3.8) is 0 Å². The molecule has 0 aliphatic heterocycles. The number of halogens is 2. The van der Waals surface area contributed by atoms with Gasteiger partial charge >= 0.3 is 0 Å². The Balaban J connectivity index is 2.05. The van der Waals surface area contributed by atoms with Gasteiger partial charge in [-0.2, -0.15) is 0 Å². The van der Waals surface area contributed by atoms with E-state index in [1.807, 2.05) is 37.3 Å². The van der Waals surface area contributed by atoms with Crippen LogP contribution in [-0.4, -0.2) is 11.7 Å². The highest BCUT2D eigenvalue weighted by molar-refractivity contribution is 9.10. The molecule has 1 atom stereocenters. The molecule has 0 radical (unpaired) electrons. The van der Waals surface area contributed by atoms with Crippen LogP contribution in [0.4, 0.5) is 10.1 Å². The smallest absolute Gasteiger partial charge is 0.139 e. The molecule has 2 nitrogen and oxygen atoms in total. The summed E-state index contributed by atoms with van der Waals surface area (Å²) in [6.07, 6.45) is -0.618. The van der Waals surface area contributed by atoms with E-state index in [1.165, 1.54) is 6.07 Å². The minimum absolute atomic E-state index is 0.317. The van der Waals surface area contributed by atoms with Gasteiger partial charge in [-0.25, -0.2) is 4.39 Å². The Morgan fingerprint density at radius 2 is 1.95 bits per heavy atom. The molecule has 2 N–H and O–H groups in total. The maximum atomic E-state index is 13.5. The SMILES string of the molecule is Cc1cc(Br)c(F)cc1NCC(O)c1ccccc1. The fraction of sp³-hybridized carbons (Fsp3) is 0.200. The van der Waals surface area contributed by atoms with Gasteiger partial charge in [0.2, 0.25) is 0 Å². The third kappa shape index (κ3) is 3.55. The fourth-order valence-electron chi connectivity index (χ4n) is 1.84. The van der Waals surface area contributed by atoms with Crippen molar-refractivity contribution in [2.75, 3.05) is 11.9 Å². The highest BCUT2D eigenvalue weighted by Gasteiger charge is 2.09. The average molecular weight is 324 g/mol. The lowest BCUT2D eigenvalue weighted by atomic mass is 10.1. The van der Waals surface area contributed by atoms with Gasteiger partial charge in [-0.05, 0) is 46.1 Å². The molecule has 2 rings (SSSR count). The molecule has 4 heteroatoms. The van der Waals surface area contributed by atoms with Gasteiger partial charge in [0.25, 0.3) is 0 Å². The first-order chi connectivity index (χ1) is 9.08. The Hall–Kier alpha value is -1.39. The van der Waals surface area contributed by atoms with E-state index >= 15 is 0 Å². The lowest BCUT2D eigenvalue weighted by molar-refractivity contribution is 0.191. The average Bonchev–Trinajstić information content (AvgIpc) is 2.42. The second-order valence-corrected chi connectivity index (χ2v) is 5.24. The third-order valence-electron chi connectivity index (χ3n) is 2.94. The van der Waals surface area contributed by atoms with Crippen LogP contribution in [0.25, 0.3) is 0 Å². The molecule has 1 unspecified atom stereocenters. The molecule has 100 valence electrons. The van der Waals surface area contributed by atoms with Crippen molar-refractivity contribution in [1.82, 2.24) is 0 Å². The number of rotatable bonds is 4. The highest BCUT2D eigenvalue weighted by Crippen LogP contribution is 2.24. The van der Waals surface area contributed by atoms with Crippen molar-refractivity contribution in [3.8, 4) is 0 Å². The molecule has 2 aromatic rings. The van der Waals surface area contributed by atoms with E-state index < -0.39 is 6.10 Å². The number of hydrogen-bond donors (Lipinski definition) is 2. The van der Waals surface area contributed by atoms with E-state index in [4.69, 9.17) is 0 Å². The van der Waals surface area contributed by atoms with Crippen molar-refractivity contribution in [1.29, 1.82) is 0 Å². The molecule has 2 aromatic carbocycles. The number of aliphatic hydroxyl groups excluding tert-OH is 1. The lowest BCUT2D eigenvalue weighted by Gasteiger charge is -2.15. The first-order valence-electron chi connectivity index (χ1n) is 6.00. The number of aliphatic hydroxyl groups is 1. The van der Waals surface area contributed by atoms with Crippen LogP contribution in [-0.2, 0) is 0 Å². The molecule has 0 saturated carbocycles. The Morgan fingerprint density at radius 3 is 2.63 bits per heavy atom. The summed E-state index contributed by atoms with van der Waals surface area (Å²) in [5.74, 6) is -0.317. The monoisotopic (exact) mass is 323 g/mol. The Morgan fingerprint density at radius 1 is 1.26 bits per heavy atom. The first-order valence-corrected chi connectivity index (χ1v) is 6.80. The molecular formula is C15H15BrFNO. The van der Waals surface area contributed by atoms with Crippen LogP contribution >= 0.6 is 15.9 Å². The topological polar surface area (TPSA) is 32.3 Å². The fourth-order valence-corrected chi connectivity index (χ4v) is 2.29. The molecule has 0 saturated heterocycles. The molecule has 0 amide bonds. The zero-order chi connectivity index (χ0) is 13.8. The molecule has 0 heterocycles. The largest absolute Gasteiger partial charge is 0.387 e. The summed E-state index contributed by atoms with van der Waals surface area (Å²) in [5, 5.41) is 13.1. The second-order valence-electron chi connectivity index (χ2n) is 4.39. The predicted molar refractivity (Wildman–Crippen MR) is 78.7 cm³/mol. The number of aryl methyl sites for hydroxylation is 1. The summed E-state index contributed by atoms with van der Waals surface area (Å²) in [4.78, 5) is 0. The van der Waals surface area contributed by atoms with Crippen molar-refractivity contribution < 1.29 is 9.50 Å². The molecule has 0 fully saturated rings. The highest BCUT2D eigenvalue weighted by atomic mass is 79.9. The van der Waals surface area contributed by atoms with E-state index in [0.717, 1.165) is 11.1 Å². The molecule has 0 spiro atoms. The van der Waals surface area contributed by atoms with Gasteiger partial charge < -0.3 is 10.4 Å². The summed E-state index contributed by atoms with van der Waals surface area (Å²) < 4.78 is 13.9. The zero-order valence-electron chi connectivity index (χ0n) is 10.5. The minimum Gasteiger partial charge on any atom is -0.387 e. The predicted octanol–water partition coefficient (Wildman–Crippen LogP) is 4.04. The van der Waals surface area contributed by atoms with Crippen LogP contribution in [0, 0.1) is 12.7 Å². The van der Waals surface area contributed by atoms with Crippen molar-refractivity contribution in [3.05, 3.63) is 63.9 Å². The van der Waals surface area contributed by atoms with E-state index in [2.05, 4.69) is 21.2 Å². The molecule has 0 bridgehead atoms. The van der Waals surface area contributed by atoms with E-state index in [9.17, 15) is 9.50 Å². The number of anilines is 1. The van der Waals surface area contributed by atoms with Crippen LogP contribution in [0.1, 0.15) is 17.2 Å². The van der Waals surface area contributed by atoms with E-state index in [1.54, 1.807) is 6.07 Å². The van der Waals surface area contributed by atoms with Crippen LogP contribution in [0.3, 0.4) is 0 Å². The normalized spacial score (nSPS) is 12.2. The Bertz CT molecular complexity index is 560. The Kier molecular flexibility index (Phi) is 4.56. The maximum absolute atomic E-state index is 13.5. The summed E-state index contributed by atoms with van der Waals surface area (Å²) in [6.45, 7) is 2.23. The number of hydrogen-bond acceptors (Lipinski definition) is 2. The standard InChI is InChI=1S/C15H15BrFNO/c1-10-7-12(16)13(17)8-14(10)18-9-15(19)11-5-3-2-4-6-11/h2-8,15,18-19H,9H2,1H3. The van der Waals surface area contributed by atoms with Gasteiger partial charge in [-0.3, -0.25) is 0 Å². The van der Waals surface area contributed by atoms with Crippen LogP contribution in [0.5, 0.6) is 0 Å².